The highest BCUT2D eigenvalue weighted by atomic mass is 35.6. The zero-order chi connectivity index (χ0) is 10.4. The third kappa shape index (κ3) is 30.1. The van der Waals surface area contributed by atoms with Crippen molar-refractivity contribution < 1.29 is 4.79 Å². The van der Waals surface area contributed by atoms with Crippen molar-refractivity contribution in [2.45, 2.75) is 21.4 Å². The number of halogens is 6. The second-order valence-corrected chi connectivity index (χ2v) is 6.24. The van der Waals surface area contributed by atoms with Crippen LogP contribution in [0.4, 0.5) is 0 Å². The summed E-state index contributed by atoms with van der Waals surface area (Å²) in [6, 6.07) is 0. The quantitative estimate of drug-likeness (QED) is 0.658. The third-order valence-electron chi connectivity index (χ3n) is 0.449. The van der Waals surface area contributed by atoms with Gasteiger partial charge in [0.1, 0.15) is 5.78 Å². The smallest absolute Gasteiger partial charge is 0.197 e. The van der Waals surface area contributed by atoms with Gasteiger partial charge in [0.05, 0.1) is 6.42 Å². The van der Waals surface area contributed by atoms with Gasteiger partial charge in [-0.25, -0.2) is 0 Å². The Bertz CT molecular complexity index is 126. The molecule has 0 rings (SSSR count). The minimum absolute atomic E-state index is 0.0162. The van der Waals surface area contributed by atoms with Crippen LogP contribution >= 0.6 is 69.6 Å². The number of carbonyl (C=O) groups excluding carboxylic acids is 1. The van der Waals surface area contributed by atoms with E-state index in [4.69, 9.17) is 69.6 Å². The molecular formula is C5H6Cl6O. The molecule has 1 nitrogen and oxygen atoms in total. The first-order chi connectivity index (χ1) is 5.15. The van der Waals surface area contributed by atoms with E-state index in [0.29, 0.717) is 0 Å². The number of carbonyl (C=O) groups is 1. The van der Waals surface area contributed by atoms with E-state index >= 15 is 0 Å². The standard InChI is InChI=1S/C4H5Cl3O.CHCl3/c1-3(8)2-4(5,6)7;2-1(3)4/h2H2,1H3;1H. The summed E-state index contributed by atoms with van der Waals surface area (Å²) in [7, 11) is 0. The molecule has 0 bridgehead atoms. The van der Waals surface area contributed by atoms with Gasteiger partial charge in [-0.2, -0.15) is 0 Å². The molecule has 7 heteroatoms. The Balaban J connectivity index is 0. The van der Waals surface area contributed by atoms with Crippen LogP contribution < -0.4 is 0 Å². The minimum Gasteiger partial charge on any atom is -0.300 e. The Labute approximate surface area is 101 Å². The van der Waals surface area contributed by atoms with Crippen LogP contribution in [0.2, 0.25) is 0 Å². The first-order valence-electron chi connectivity index (χ1n) is 2.63. The van der Waals surface area contributed by atoms with E-state index < -0.39 is 8.09 Å². The SMILES string of the molecule is CC(=O)CC(Cl)(Cl)Cl.ClC(Cl)Cl. The summed E-state index contributed by atoms with van der Waals surface area (Å²) in [6.45, 7) is 1.38. The number of hydrogen-bond donors (Lipinski definition) is 0. The van der Waals surface area contributed by atoms with Crippen molar-refractivity contribution in [2.24, 2.45) is 0 Å². The zero-order valence-corrected chi connectivity index (χ0v) is 10.5. The lowest BCUT2D eigenvalue weighted by Gasteiger charge is -2.05. The van der Waals surface area contributed by atoms with Crippen LogP contribution in [0.15, 0.2) is 0 Å². The monoisotopic (exact) mass is 292 g/mol. The Kier molecular flexibility index (Phi) is 10.3. The zero-order valence-electron chi connectivity index (χ0n) is 5.96. The van der Waals surface area contributed by atoms with Crippen molar-refractivity contribution in [1.29, 1.82) is 0 Å². The molecule has 0 aromatic carbocycles. The summed E-state index contributed by atoms with van der Waals surface area (Å²) in [5.41, 5.74) is 0. The molecule has 0 radical (unpaired) electrons. The number of hydrogen-bond acceptors (Lipinski definition) is 1. The molecule has 0 spiro atoms. The first-order valence-corrected chi connectivity index (χ1v) is 5.08. The molecule has 0 amide bonds. The normalized spacial score (nSPS) is 10.7. The van der Waals surface area contributed by atoms with Gasteiger partial charge in [0, 0.05) is 0 Å². The number of alkyl halides is 6. The average molecular weight is 295 g/mol. The van der Waals surface area contributed by atoms with E-state index in [9.17, 15) is 4.79 Å². The fourth-order valence-electron chi connectivity index (χ4n) is 0.282. The maximum absolute atomic E-state index is 10.2. The third-order valence-corrected chi connectivity index (χ3v) is 0.850. The van der Waals surface area contributed by atoms with E-state index in [1.165, 1.54) is 6.92 Å². The van der Waals surface area contributed by atoms with E-state index in [-0.39, 0.29) is 12.2 Å². The van der Waals surface area contributed by atoms with Crippen molar-refractivity contribution in [1.82, 2.24) is 0 Å². The number of rotatable bonds is 1. The van der Waals surface area contributed by atoms with Crippen LogP contribution in [0.1, 0.15) is 13.3 Å². The molecule has 0 unspecified atom stereocenters. The number of Topliss-reactive ketones (excluding diaryl/α,β-unsaturated/α-hetero) is 1. The minimum atomic E-state index is -1.41. The topological polar surface area (TPSA) is 17.1 Å². The Morgan fingerprint density at radius 1 is 1.25 bits per heavy atom. The Hall–Kier alpha value is 1.41. The summed E-state index contributed by atoms with van der Waals surface area (Å²) in [4.78, 5) is 10.2. The lowest BCUT2D eigenvalue weighted by molar-refractivity contribution is -0.116. The van der Waals surface area contributed by atoms with Gasteiger partial charge < -0.3 is 0 Å². The molecule has 0 saturated heterocycles. The van der Waals surface area contributed by atoms with Crippen LogP contribution in [0.3, 0.4) is 0 Å². The molecule has 0 aromatic rings. The molecule has 74 valence electrons. The molecule has 0 atom stereocenters. The highest BCUT2D eigenvalue weighted by Crippen LogP contribution is 2.29. The lowest BCUT2D eigenvalue weighted by atomic mass is 10.3. The lowest BCUT2D eigenvalue weighted by Crippen LogP contribution is -2.07. The van der Waals surface area contributed by atoms with Crippen molar-refractivity contribution in [3.8, 4) is 0 Å². The van der Waals surface area contributed by atoms with Crippen molar-refractivity contribution in [3.05, 3.63) is 0 Å². The summed E-state index contributed by atoms with van der Waals surface area (Å²) in [5.74, 6) is -0.120. The maximum Gasteiger partial charge on any atom is 0.197 e. The van der Waals surface area contributed by atoms with Crippen LogP contribution in [0, 0.1) is 0 Å². The van der Waals surface area contributed by atoms with Crippen molar-refractivity contribution >= 4 is 75.4 Å². The van der Waals surface area contributed by atoms with Gasteiger partial charge in [-0.15, -0.1) is 0 Å². The Morgan fingerprint density at radius 3 is 1.50 bits per heavy atom. The fraction of sp³-hybridized carbons (Fsp3) is 0.800. The van der Waals surface area contributed by atoms with Gasteiger partial charge in [-0.1, -0.05) is 69.6 Å². The molecule has 0 saturated carbocycles. The van der Waals surface area contributed by atoms with E-state index in [1.54, 1.807) is 0 Å². The summed E-state index contributed by atoms with van der Waals surface area (Å²) in [6.07, 6.45) is -0.0162. The second kappa shape index (κ2) is 7.78. The largest absolute Gasteiger partial charge is 0.300 e. The predicted octanol–water partition coefficient (Wildman–Crippen LogP) is 4.32. The summed E-state index contributed by atoms with van der Waals surface area (Å²) < 4.78 is -2.16. The van der Waals surface area contributed by atoms with Crippen LogP contribution in [0.5, 0.6) is 0 Å². The highest BCUT2D eigenvalue weighted by Gasteiger charge is 2.21. The molecule has 0 aliphatic heterocycles. The van der Waals surface area contributed by atoms with Crippen LogP contribution in [-0.4, -0.2) is 13.9 Å². The molecule has 0 aliphatic rings. The number of ketones is 1. The highest BCUT2D eigenvalue weighted by molar-refractivity contribution is 6.68. The molecule has 0 aromatic heterocycles. The van der Waals surface area contributed by atoms with Gasteiger partial charge in [-0.3, -0.25) is 4.79 Å². The van der Waals surface area contributed by atoms with Gasteiger partial charge in [-0.05, 0) is 6.92 Å². The van der Waals surface area contributed by atoms with Gasteiger partial charge in [0.15, 0.2) is 8.09 Å². The van der Waals surface area contributed by atoms with Gasteiger partial charge in [0.2, 0.25) is 0 Å². The first kappa shape index (κ1) is 15.9. The van der Waals surface area contributed by atoms with E-state index in [0.717, 1.165) is 0 Å². The van der Waals surface area contributed by atoms with Gasteiger partial charge >= 0.3 is 0 Å². The summed E-state index contributed by atoms with van der Waals surface area (Å²) >= 11 is 30.1. The second-order valence-electron chi connectivity index (χ2n) is 1.74. The van der Waals surface area contributed by atoms with E-state index in [2.05, 4.69) is 0 Å². The molecular weight excluding hydrogens is 289 g/mol. The molecule has 0 heterocycles. The van der Waals surface area contributed by atoms with E-state index in [1.807, 2.05) is 0 Å². The maximum atomic E-state index is 10.2. The average Bonchev–Trinajstić information content (AvgIpc) is 1.52. The predicted molar refractivity (Wildman–Crippen MR) is 56.9 cm³/mol. The van der Waals surface area contributed by atoms with Crippen molar-refractivity contribution in [2.75, 3.05) is 0 Å². The molecule has 0 fully saturated rings. The fourth-order valence-corrected chi connectivity index (χ4v) is 0.847. The molecule has 12 heavy (non-hydrogen) atoms. The Morgan fingerprint density at radius 2 is 1.50 bits per heavy atom. The molecule has 0 N–H and O–H groups in total. The molecule has 0 aliphatic carbocycles. The van der Waals surface area contributed by atoms with Crippen LogP contribution in [0.25, 0.3) is 0 Å². The van der Waals surface area contributed by atoms with Crippen molar-refractivity contribution in [3.63, 3.8) is 0 Å². The summed E-state index contributed by atoms with van der Waals surface area (Å²) in [5, 5.41) is 0. The van der Waals surface area contributed by atoms with Gasteiger partial charge in [0.25, 0.3) is 0 Å². The van der Waals surface area contributed by atoms with Crippen LogP contribution in [-0.2, 0) is 4.79 Å².